The zero-order valence-electron chi connectivity index (χ0n) is 26.1. The van der Waals surface area contributed by atoms with Crippen LogP contribution in [0.1, 0.15) is 57.2 Å². The predicted molar refractivity (Wildman–Crippen MR) is 173 cm³/mol. The van der Waals surface area contributed by atoms with E-state index in [4.69, 9.17) is 4.99 Å². The summed E-state index contributed by atoms with van der Waals surface area (Å²) in [5.74, 6) is 1.20. The van der Waals surface area contributed by atoms with Crippen molar-refractivity contribution in [2.75, 3.05) is 5.75 Å². The molecule has 0 atom stereocenters. The second-order valence-electron chi connectivity index (χ2n) is 11.5. The van der Waals surface area contributed by atoms with Crippen molar-refractivity contribution in [3.8, 4) is 22.8 Å². The number of urea groups is 1. The van der Waals surface area contributed by atoms with Gasteiger partial charge in [-0.1, -0.05) is 68.9 Å². The average molecular weight is 639 g/mol. The minimum atomic E-state index is -4.75. The first-order valence-electron chi connectivity index (χ1n) is 14.5. The number of nitrogens with one attached hydrogen (secondary N) is 2. The first kappa shape index (κ1) is 33.6. The number of rotatable bonds is 9. The van der Waals surface area contributed by atoms with Gasteiger partial charge in [0.15, 0.2) is 11.0 Å². The van der Waals surface area contributed by atoms with E-state index in [0.29, 0.717) is 29.0 Å². The van der Waals surface area contributed by atoms with Crippen LogP contribution < -0.4 is 15.4 Å². The lowest BCUT2D eigenvalue weighted by atomic mass is 9.94. The van der Waals surface area contributed by atoms with Crippen LogP contribution in [0.25, 0.3) is 17.1 Å². The van der Waals surface area contributed by atoms with Gasteiger partial charge < -0.3 is 10.1 Å². The minimum absolute atomic E-state index is 0.297. The van der Waals surface area contributed by atoms with Gasteiger partial charge >= 0.3 is 12.4 Å². The number of halogens is 3. The molecule has 2 amide bonds. The molecule has 2 N–H and O–H groups in total. The van der Waals surface area contributed by atoms with Crippen molar-refractivity contribution in [3.05, 3.63) is 89.7 Å². The topological polar surface area (TPSA) is 93.4 Å². The van der Waals surface area contributed by atoms with Gasteiger partial charge in [0.05, 0.1) is 11.4 Å². The molecule has 0 fully saturated rings. The smallest absolute Gasteiger partial charge is 0.406 e. The first-order chi connectivity index (χ1) is 21.2. The average Bonchev–Trinajstić information content (AvgIpc) is 3.43. The van der Waals surface area contributed by atoms with Crippen LogP contribution in [0.2, 0.25) is 0 Å². The summed E-state index contributed by atoms with van der Waals surface area (Å²) in [6.45, 7) is 12.2. The highest BCUT2D eigenvalue weighted by Crippen LogP contribution is 2.29. The molecule has 3 aromatic carbocycles. The number of aliphatic imine (C=N–C) groups is 1. The number of amidine groups is 1. The van der Waals surface area contributed by atoms with Gasteiger partial charge in [-0.05, 0) is 85.9 Å². The normalized spacial score (nSPS) is 12.4. The Morgan fingerprint density at radius 2 is 1.73 bits per heavy atom. The molecule has 12 heteroatoms. The lowest BCUT2D eigenvalue weighted by molar-refractivity contribution is -0.274. The number of nitrogens with zero attached hydrogens (tertiary/aromatic N) is 4. The van der Waals surface area contributed by atoms with Gasteiger partial charge in [-0.25, -0.2) is 19.5 Å². The number of aryl methyl sites for hydroxylation is 1. The maximum absolute atomic E-state index is 13.1. The Labute approximate surface area is 265 Å². The summed E-state index contributed by atoms with van der Waals surface area (Å²) >= 11 is 1.48. The number of benzene rings is 3. The van der Waals surface area contributed by atoms with Crippen molar-refractivity contribution in [3.63, 3.8) is 0 Å². The maximum atomic E-state index is 13.1. The minimum Gasteiger partial charge on any atom is -0.406 e. The Morgan fingerprint density at radius 1 is 1.04 bits per heavy atom. The molecule has 238 valence electrons. The second kappa shape index (κ2) is 14.2. The molecule has 45 heavy (non-hydrogen) atoms. The van der Waals surface area contributed by atoms with E-state index in [1.807, 2.05) is 58.0 Å². The third-order valence-electron chi connectivity index (χ3n) is 6.67. The van der Waals surface area contributed by atoms with Gasteiger partial charge in [0.2, 0.25) is 0 Å². The first-order valence-corrected chi connectivity index (χ1v) is 15.5. The number of amides is 2. The Balaban J connectivity index is 1.39. The fourth-order valence-electron chi connectivity index (χ4n) is 4.66. The van der Waals surface area contributed by atoms with E-state index in [9.17, 15) is 18.0 Å². The van der Waals surface area contributed by atoms with Crippen LogP contribution in [-0.2, 0) is 6.42 Å². The van der Waals surface area contributed by atoms with Crippen molar-refractivity contribution in [1.29, 1.82) is 0 Å². The number of thioether (sulfide) groups is 1. The molecular weight excluding hydrogens is 601 g/mol. The predicted octanol–water partition coefficient (Wildman–Crippen LogP) is 8.33. The molecule has 4 aromatic rings. The highest BCUT2D eigenvalue weighted by Gasteiger charge is 2.31. The molecule has 8 nitrogen and oxygen atoms in total. The molecule has 0 bridgehead atoms. The van der Waals surface area contributed by atoms with Crippen molar-refractivity contribution in [2.45, 2.75) is 65.8 Å². The van der Waals surface area contributed by atoms with Crippen LogP contribution in [0.15, 0.2) is 78.0 Å². The number of ether oxygens (including phenoxy) is 1. The van der Waals surface area contributed by atoms with E-state index < -0.39 is 11.9 Å². The van der Waals surface area contributed by atoms with E-state index in [-0.39, 0.29) is 11.8 Å². The van der Waals surface area contributed by atoms with E-state index in [2.05, 4.69) is 51.4 Å². The monoisotopic (exact) mass is 638 g/mol. The molecule has 1 aromatic heterocycles. The van der Waals surface area contributed by atoms with E-state index in [1.165, 1.54) is 47.0 Å². The van der Waals surface area contributed by atoms with Crippen LogP contribution in [-0.4, -0.2) is 43.6 Å². The summed E-state index contributed by atoms with van der Waals surface area (Å²) in [5.41, 5.74) is 4.82. The van der Waals surface area contributed by atoms with E-state index in [0.717, 1.165) is 33.7 Å². The summed E-state index contributed by atoms with van der Waals surface area (Å²) in [5, 5.41) is 11.0. The van der Waals surface area contributed by atoms with Crippen LogP contribution in [0, 0.1) is 6.92 Å². The Morgan fingerprint density at radius 3 is 2.36 bits per heavy atom. The molecule has 0 radical (unpaired) electrons. The molecule has 0 aliphatic carbocycles. The van der Waals surface area contributed by atoms with Gasteiger partial charge in [0, 0.05) is 11.1 Å². The molecule has 0 saturated carbocycles. The summed E-state index contributed by atoms with van der Waals surface area (Å²) < 4.78 is 42.7. The number of alkyl halides is 3. The standard InChI is InChI=1S/C33H37F3N6O2S/c1-7-45-31(38-28-18-22(4)8-17-27(28)21(2)3)39-30(43)40-32(5,6)19-23-9-11-24(12-10-23)29-37-20-42(41-29)25-13-15-26(16-14-25)44-33(34,35)36/h8-18,20-21H,7,19H2,1-6H3,(H2,38,39,40,43). The Kier molecular flexibility index (Phi) is 10.6. The Hall–Kier alpha value is -4.32. The van der Waals surface area contributed by atoms with Crippen LogP contribution in [0.5, 0.6) is 5.75 Å². The largest absolute Gasteiger partial charge is 0.573 e. The number of hydrogen-bond acceptors (Lipinski definition) is 6. The Bertz CT molecular complexity index is 1630. The number of carbonyl (C=O) groups is 1. The van der Waals surface area contributed by atoms with Crippen molar-refractivity contribution in [2.24, 2.45) is 4.99 Å². The van der Waals surface area contributed by atoms with Gasteiger partial charge in [-0.15, -0.1) is 18.3 Å². The second-order valence-corrected chi connectivity index (χ2v) is 12.7. The molecule has 0 unspecified atom stereocenters. The number of aromatic nitrogens is 3. The highest BCUT2D eigenvalue weighted by atomic mass is 32.2. The summed E-state index contributed by atoms with van der Waals surface area (Å²) in [7, 11) is 0. The van der Waals surface area contributed by atoms with Crippen LogP contribution >= 0.6 is 11.8 Å². The van der Waals surface area contributed by atoms with Gasteiger partial charge in [-0.3, -0.25) is 5.32 Å². The lowest BCUT2D eigenvalue weighted by Gasteiger charge is -2.27. The molecule has 0 aliphatic heterocycles. The lowest BCUT2D eigenvalue weighted by Crippen LogP contribution is -2.50. The number of hydrogen-bond donors (Lipinski definition) is 2. The van der Waals surface area contributed by atoms with E-state index in [1.54, 1.807) is 0 Å². The zero-order chi connectivity index (χ0) is 32.8. The molecule has 4 rings (SSSR count). The zero-order valence-corrected chi connectivity index (χ0v) is 26.9. The van der Waals surface area contributed by atoms with Crippen LogP contribution in [0.3, 0.4) is 0 Å². The number of carbonyl (C=O) groups excluding carboxylic acids is 1. The van der Waals surface area contributed by atoms with Gasteiger partial charge in [-0.2, -0.15) is 0 Å². The summed E-state index contributed by atoms with van der Waals surface area (Å²) in [6, 6.07) is 18.9. The van der Waals surface area contributed by atoms with Gasteiger partial charge in [0.25, 0.3) is 0 Å². The molecule has 0 aliphatic rings. The highest BCUT2D eigenvalue weighted by molar-refractivity contribution is 8.13. The fourth-order valence-corrected chi connectivity index (χ4v) is 5.26. The van der Waals surface area contributed by atoms with Crippen LogP contribution in [0.4, 0.5) is 23.7 Å². The summed E-state index contributed by atoms with van der Waals surface area (Å²) in [6.07, 6.45) is -2.69. The molecule has 1 heterocycles. The quantitative estimate of drug-likeness (QED) is 0.142. The maximum Gasteiger partial charge on any atom is 0.573 e. The van der Waals surface area contributed by atoms with Crippen molar-refractivity contribution in [1.82, 2.24) is 25.4 Å². The van der Waals surface area contributed by atoms with Crippen molar-refractivity contribution >= 4 is 28.6 Å². The molecule has 0 saturated heterocycles. The molecule has 0 spiro atoms. The summed E-state index contributed by atoms with van der Waals surface area (Å²) in [4.78, 5) is 22.2. The SMILES string of the molecule is CCSC(=Nc1cc(C)ccc1C(C)C)NC(=O)NC(C)(C)Cc1ccc(-c2ncn(-c3ccc(OC(F)(F)F)cc3)n2)cc1. The third-order valence-corrected chi connectivity index (χ3v) is 7.42. The third kappa shape index (κ3) is 9.84. The molecular formula is C33H37F3N6O2S. The van der Waals surface area contributed by atoms with E-state index >= 15 is 0 Å². The van der Waals surface area contributed by atoms with Crippen molar-refractivity contribution < 1.29 is 22.7 Å². The van der Waals surface area contributed by atoms with Gasteiger partial charge in [0.1, 0.15) is 12.1 Å². The fraction of sp³-hybridized carbons (Fsp3) is 0.333.